The summed E-state index contributed by atoms with van der Waals surface area (Å²) >= 11 is 1.65. The van der Waals surface area contributed by atoms with E-state index < -0.39 is 11.1 Å². The molecule has 4 rings (SSSR count). The minimum absolute atomic E-state index is 0.0219. The minimum Gasteiger partial charge on any atom is -0.353 e. The number of carbonyl (C=O) groups excluding carboxylic acids is 1. The molecule has 0 bridgehead atoms. The van der Waals surface area contributed by atoms with Crippen molar-refractivity contribution in [2.75, 3.05) is 5.32 Å². The largest absolute Gasteiger partial charge is 0.353 e. The number of nitrogens with one attached hydrogen (secondary N) is 2. The number of fused-ring (bicyclic) bond motifs is 3. The standard InChI is InChI=1S/C17H17N3O3S/c1-9-5-6-12-13(7-9)24-17-14(12)16(21)18-15(19-17)10-3-2-4-11(8-10)20(22)23/h2-4,8-9,15,19H,5-7H2,1H3,(H,18,21)/t9-,15+/m1/s1. The molecule has 0 saturated heterocycles. The van der Waals surface area contributed by atoms with Gasteiger partial charge in [0.05, 0.1) is 10.5 Å². The molecule has 1 aliphatic heterocycles. The Morgan fingerprint density at radius 3 is 2.96 bits per heavy atom. The van der Waals surface area contributed by atoms with Crippen molar-refractivity contribution in [3.8, 4) is 0 Å². The average molecular weight is 343 g/mol. The summed E-state index contributed by atoms with van der Waals surface area (Å²) in [6.45, 7) is 2.24. The van der Waals surface area contributed by atoms with E-state index >= 15 is 0 Å². The molecule has 1 aromatic heterocycles. The summed E-state index contributed by atoms with van der Waals surface area (Å²) in [4.78, 5) is 24.5. The van der Waals surface area contributed by atoms with Crippen LogP contribution >= 0.6 is 11.3 Å². The Bertz CT molecular complexity index is 846. The van der Waals surface area contributed by atoms with Gasteiger partial charge in [0.25, 0.3) is 11.6 Å². The van der Waals surface area contributed by atoms with Crippen molar-refractivity contribution in [2.45, 2.75) is 32.4 Å². The molecular formula is C17H17N3O3S. The van der Waals surface area contributed by atoms with E-state index in [1.54, 1.807) is 23.5 Å². The first-order valence-electron chi connectivity index (χ1n) is 7.99. The molecule has 0 spiro atoms. The van der Waals surface area contributed by atoms with E-state index in [9.17, 15) is 14.9 Å². The van der Waals surface area contributed by atoms with Crippen LogP contribution in [-0.2, 0) is 12.8 Å². The summed E-state index contributed by atoms with van der Waals surface area (Å²) in [5.41, 5.74) is 2.65. The highest BCUT2D eigenvalue weighted by Gasteiger charge is 2.33. The number of benzene rings is 1. The molecule has 0 saturated carbocycles. The Labute approximate surface area is 143 Å². The van der Waals surface area contributed by atoms with E-state index in [0.717, 1.165) is 29.8 Å². The van der Waals surface area contributed by atoms with Gasteiger partial charge >= 0.3 is 0 Å². The van der Waals surface area contributed by atoms with Crippen LogP contribution in [0.5, 0.6) is 0 Å². The van der Waals surface area contributed by atoms with Crippen molar-refractivity contribution in [1.29, 1.82) is 0 Å². The predicted molar refractivity (Wildman–Crippen MR) is 92.4 cm³/mol. The highest BCUT2D eigenvalue weighted by molar-refractivity contribution is 7.16. The molecule has 1 aromatic carbocycles. The number of non-ortho nitro benzene ring substituents is 1. The topological polar surface area (TPSA) is 84.3 Å². The summed E-state index contributed by atoms with van der Waals surface area (Å²) in [5.74, 6) is 0.556. The maximum atomic E-state index is 12.6. The summed E-state index contributed by atoms with van der Waals surface area (Å²) in [6, 6.07) is 6.37. The molecule has 0 unspecified atom stereocenters. The summed E-state index contributed by atoms with van der Waals surface area (Å²) in [5, 5.41) is 18.1. The molecular weight excluding hydrogens is 326 g/mol. The molecule has 24 heavy (non-hydrogen) atoms. The molecule has 2 heterocycles. The first-order chi connectivity index (χ1) is 11.5. The lowest BCUT2D eigenvalue weighted by Gasteiger charge is -2.27. The van der Waals surface area contributed by atoms with Gasteiger partial charge in [0.15, 0.2) is 0 Å². The number of nitrogens with zero attached hydrogens (tertiary/aromatic N) is 1. The molecule has 2 aliphatic rings. The van der Waals surface area contributed by atoms with Crippen molar-refractivity contribution >= 4 is 27.9 Å². The molecule has 0 radical (unpaired) electrons. The lowest BCUT2D eigenvalue weighted by molar-refractivity contribution is -0.384. The number of rotatable bonds is 2. The first-order valence-corrected chi connectivity index (χ1v) is 8.81. The lowest BCUT2D eigenvalue weighted by Crippen LogP contribution is -2.38. The summed E-state index contributed by atoms with van der Waals surface area (Å²) in [7, 11) is 0. The lowest BCUT2D eigenvalue weighted by atomic mass is 9.88. The highest BCUT2D eigenvalue weighted by Crippen LogP contribution is 2.42. The second-order valence-electron chi connectivity index (χ2n) is 6.46. The van der Waals surface area contributed by atoms with Crippen molar-refractivity contribution < 1.29 is 9.72 Å². The van der Waals surface area contributed by atoms with Gasteiger partial charge in [0, 0.05) is 22.6 Å². The second kappa shape index (κ2) is 5.59. The third-order valence-corrected chi connectivity index (χ3v) is 5.89. The monoisotopic (exact) mass is 343 g/mol. The normalized spacial score (nSPS) is 22.1. The maximum absolute atomic E-state index is 12.6. The number of nitro groups is 1. The van der Waals surface area contributed by atoms with Crippen LogP contribution in [-0.4, -0.2) is 10.8 Å². The van der Waals surface area contributed by atoms with Crippen LogP contribution in [0.3, 0.4) is 0 Å². The molecule has 2 atom stereocenters. The Morgan fingerprint density at radius 1 is 1.33 bits per heavy atom. The third-order valence-electron chi connectivity index (χ3n) is 4.70. The van der Waals surface area contributed by atoms with E-state index in [1.165, 1.54) is 22.6 Å². The Hall–Kier alpha value is -2.41. The van der Waals surface area contributed by atoms with Crippen LogP contribution in [0.2, 0.25) is 0 Å². The van der Waals surface area contributed by atoms with Gasteiger partial charge in [-0.3, -0.25) is 14.9 Å². The molecule has 1 amide bonds. The van der Waals surface area contributed by atoms with Gasteiger partial charge in [-0.2, -0.15) is 0 Å². The number of thiophene rings is 1. The molecule has 2 aromatic rings. The molecule has 2 N–H and O–H groups in total. The zero-order chi connectivity index (χ0) is 16.8. The van der Waals surface area contributed by atoms with E-state index in [1.807, 2.05) is 0 Å². The highest BCUT2D eigenvalue weighted by atomic mass is 32.1. The van der Waals surface area contributed by atoms with Gasteiger partial charge in [-0.25, -0.2) is 0 Å². The number of carbonyl (C=O) groups is 1. The summed E-state index contributed by atoms with van der Waals surface area (Å²) < 4.78 is 0. The van der Waals surface area contributed by atoms with Crippen molar-refractivity contribution in [3.63, 3.8) is 0 Å². The molecule has 1 aliphatic carbocycles. The van der Waals surface area contributed by atoms with Gasteiger partial charge in [-0.15, -0.1) is 11.3 Å². The van der Waals surface area contributed by atoms with Crippen LogP contribution in [0.25, 0.3) is 0 Å². The smallest absolute Gasteiger partial charge is 0.269 e. The van der Waals surface area contributed by atoms with Gasteiger partial charge in [-0.1, -0.05) is 19.1 Å². The van der Waals surface area contributed by atoms with Gasteiger partial charge in [-0.05, 0) is 30.7 Å². The van der Waals surface area contributed by atoms with E-state index in [2.05, 4.69) is 17.6 Å². The summed E-state index contributed by atoms with van der Waals surface area (Å²) in [6.07, 6.45) is 2.63. The van der Waals surface area contributed by atoms with Crippen LogP contribution in [0.4, 0.5) is 10.7 Å². The average Bonchev–Trinajstić information content (AvgIpc) is 2.92. The quantitative estimate of drug-likeness (QED) is 0.644. The first kappa shape index (κ1) is 15.1. The Kier molecular flexibility index (Phi) is 3.53. The van der Waals surface area contributed by atoms with E-state index in [4.69, 9.17) is 0 Å². The van der Waals surface area contributed by atoms with Crippen molar-refractivity contribution in [3.05, 3.63) is 55.9 Å². The Morgan fingerprint density at radius 2 is 2.17 bits per heavy atom. The molecule has 6 nitrogen and oxygen atoms in total. The zero-order valence-electron chi connectivity index (χ0n) is 13.2. The molecule has 7 heteroatoms. The van der Waals surface area contributed by atoms with E-state index in [0.29, 0.717) is 11.5 Å². The van der Waals surface area contributed by atoms with Crippen molar-refractivity contribution in [2.24, 2.45) is 5.92 Å². The zero-order valence-corrected chi connectivity index (χ0v) is 14.0. The fourth-order valence-electron chi connectivity index (χ4n) is 3.45. The number of amides is 1. The van der Waals surface area contributed by atoms with Gasteiger partial charge < -0.3 is 10.6 Å². The molecule has 124 valence electrons. The predicted octanol–water partition coefficient (Wildman–Crippen LogP) is 3.64. The maximum Gasteiger partial charge on any atom is 0.269 e. The molecule has 0 fully saturated rings. The van der Waals surface area contributed by atoms with Crippen LogP contribution < -0.4 is 10.6 Å². The van der Waals surface area contributed by atoms with Gasteiger partial charge in [0.1, 0.15) is 11.2 Å². The SMILES string of the molecule is C[C@@H]1CCc2c(sc3c2C(=O)N[C@H](c2cccc([N+](=O)[O-])c2)N3)C1. The minimum atomic E-state index is -0.442. The van der Waals surface area contributed by atoms with Crippen LogP contribution in [0.15, 0.2) is 24.3 Å². The fourth-order valence-corrected chi connectivity index (χ4v) is 4.88. The van der Waals surface area contributed by atoms with E-state index in [-0.39, 0.29) is 11.6 Å². The van der Waals surface area contributed by atoms with Crippen LogP contribution in [0.1, 0.15) is 45.9 Å². The van der Waals surface area contributed by atoms with Crippen LogP contribution in [0, 0.1) is 16.0 Å². The number of nitro benzene ring substituents is 1. The fraction of sp³-hybridized carbons (Fsp3) is 0.353. The number of hydrogen-bond acceptors (Lipinski definition) is 5. The third kappa shape index (κ3) is 2.45. The number of anilines is 1. The Balaban J connectivity index is 1.68. The van der Waals surface area contributed by atoms with Gasteiger partial charge in [0.2, 0.25) is 0 Å². The second-order valence-corrected chi connectivity index (χ2v) is 7.56. The number of hydrogen-bond donors (Lipinski definition) is 2. The van der Waals surface area contributed by atoms with Crippen molar-refractivity contribution in [1.82, 2.24) is 5.32 Å².